The number of rotatable bonds is 76. The van der Waals surface area contributed by atoms with Gasteiger partial charge in [-0.15, -0.1) is 0 Å². The van der Waals surface area contributed by atoms with Crippen LogP contribution < -0.4 is 0 Å². The first-order valence-corrected chi connectivity index (χ1v) is 44.1. The van der Waals surface area contributed by atoms with Gasteiger partial charge in [0.05, 0.1) is 26.4 Å². The average molecular weight is 1530 g/mol. The van der Waals surface area contributed by atoms with Gasteiger partial charge >= 0.3 is 33.6 Å². The van der Waals surface area contributed by atoms with Gasteiger partial charge in [0.25, 0.3) is 0 Å². The molecule has 107 heavy (non-hydrogen) atoms. The summed E-state index contributed by atoms with van der Waals surface area (Å²) >= 11 is 0. The van der Waals surface area contributed by atoms with E-state index in [1.54, 1.807) is 0 Å². The summed E-state index contributed by atoms with van der Waals surface area (Å²) < 4.78 is 61.1. The van der Waals surface area contributed by atoms with E-state index in [1.165, 1.54) is 116 Å². The van der Waals surface area contributed by atoms with Crippen LogP contribution >= 0.6 is 15.6 Å². The molecule has 0 saturated carbocycles. The van der Waals surface area contributed by atoms with Gasteiger partial charge in [-0.3, -0.25) is 32.5 Å². The van der Waals surface area contributed by atoms with Crippen LogP contribution in [0.4, 0.5) is 0 Å². The van der Waals surface area contributed by atoms with Gasteiger partial charge in [-0.1, -0.05) is 312 Å². The minimum absolute atomic E-state index is 0.00931. The van der Waals surface area contributed by atoms with E-state index in [0.29, 0.717) is 25.7 Å². The Kier molecular flexibility index (Phi) is 76.2. The summed E-state index contributed by atoms with van der Waals surface area (Å²) in [5.74, 6) is -1.70. The molecule has 608 valence electrons. The maximum atomic E-state index is 13.0. The lowest BCUT2D eigenvalue weighted by atomic mass is 10.0. The van der Waals surface area contributed by atoms with Gasteiger partial charge in [-0.25, -0.2) is 9.13 Å². The number of aliphatic hydroxyl groups excluding tert-OH is 2. The molecule has 0 spiro atoms. The molecular formula is C89H146O16P2. The second-order valence-electron chi connectivity index (χ2n) is 26.8. The van der Waals surface area contributed by atoms with Gasteiger partial charge < -0.3 is 34.2 Å². The van der Waals surface area contributed by atoms with Crippen LogP contribution in [0, 0.1) is 0 Å². The summed E-state index contributed by atoms with van der Waals surface area (Å²) in [4.78, 5) is 58.7. The van der Waals surface area contributed by atoms with Crippen LogP contribution in [0.5, 0.6) is 0 Å². The molecule has 16 nitrogen and oxygen atoms in total. The maximum Gasteiger partial charge on any atom is 0.472 e. The highest BCUT2D eigenvalue weighted by Gasteiger charge is 2.29. The van der Waals surface area contributed by atoms with Crippen molar-refractivity contribution >= 4 is 33.6 Å². The summed E-state index contributed by atoms with van der Waals surface area (Å²) in [6.45, 7) is 2.29. The molecule has 0 aliphatic heterocycles. The van der Waals surface area contributed by atoms with Crippen LogP contribution in [-0.2, 0) is 55.8 Å². The molecule has 0 rings (SSSR count). The highest BCUT2D eigenvalue weighted by molar-refractivity contribution is 7.47. The van der Waals surface area contributed by atoms with Crippen molar-refractivity contribution in [1.82, 2.24) is 0 Å². The third-order valence-electron chi connectivity index (χ3n) is 16.6. The van der Waals surface area contributed by atoms with Crippen molar-refractivity contribution in [1.29, 1.82) is 0 Å². The predicted molar refractivity (Wildman–Crippen MR) is 445 cm³/mol. The minimum atomic E-state index is -4.96. The SMILES string of the molecule is CC/C=C\C/C=C\C/C=C\C/C=C\C/C=C\C/C=C\CCCCC(=O)OCC(COP(=O)(O)OCC(O)COP(=O)(O)OCC(O)COC(=O)CCCCCCCCCCCCCCCCCCC/C=C\C/C=C\C/C=C\C/C=C\CCCCC)OC(=O)CCC/C=C\C/C=C\C/C=C\C/C=C\C/C=C\CC. The van der Waals surface area contributed by atoms with Crippen molar-refractivity contribution < 1.29 is 75.8 Å². The highest BCUT2D eigenvalue weighted by Crippen LogP contribution is 2.45. The molecular weight excluding hydrogens is 1390 g/mol. The number of allylic oxidation sites excluding steroid dienone is 30. The van der Waals surface area contributed by atoms with E-state index in [-0.39, 0.29) is 19.3 Å². The smallest absolute Gasteiger partial charge is 0.463 e. The number of carbonyl (C=O) groups excluding carboxylic acids is 3. The standard InChI is InChI=1S/C89H146O16P2/c1-4-7-10-13-16-19-22-25-28-31-33-35-36-37-38-39-40-41-42-43-44-45-46-48-50-52-54-57-60-63-66-69-72-75-87(92)99-78-84(90)79-101-106(95,96)102-80-85(91)81-103-107(97,98)104-83-86(105-89(94)77-74-71-68-65-62-59-56-51-30-27-24-21-18-15-12-9-6-3)82-100-88(93)76-73-70-67-64-61-58-55-53-49-47-34-32-29-26-23-20-17-14-11-8-5-2/h8-9,11-12,16-21,25-30,33-35,37-38,47,53,55-56,59,61,64-65,68,84-86,90-91H,4-7,10,13-15,22-24,31-32,36,39-46,48-52,54,57-58,60,62-63,66-67,69-83H2,1-3H3,(H,95,96)(H,97,98)/b11-8-,12-9-,19-16-,20-17-,21-18-,28-25-,29-26-,30-27-,35-33-,38-37-,47-34-,55-53-,59-56-,64-61-,68-65-. The molecule has 0 saturated heterocycles. The summed E-state index contributed by atoms with van der Waals surface area (Å²) in [5.41, 5.74) is 0. The minimum Gasteiger partial charge on any atom is -0.463 e. The van der Waals surface area contributed by atoms with Gasteiger partial charge in [-0.05, 0) is 154 Å². The number of phosphoric ester groups is 2. The van der Waals surface area contributed by atoms with Crippen LogP contribution in [0.1, 0.15) is 303 Å². The zero-order valence-corrected chi connectivity index (χ0v) is 68.3. The van der Waals surface area contributed by atoms with Crippen LogP contribution in [0.25, 0.3) is 0 Å². The van der Waals surface area contributed by atoms with Gasteiger partial charge in [-0.2, -0.15) is 0 Å². The number of phosphoric acid groups is 2. The van der Waals surface area contributed by atoms with Gasteiger partial charge in [0.15, 0.2) is 6.10 Å². The molecule has 0 fully saturated rings. The zero-order valence-electron chi connectivity index (χ0n) is 66.5. The van der Waals surface area contributed by atoms with Crippen LogP contribution in [-0.4, -0.2) is 95.9 Å². The number of aliphatic hydroxyl groups is 2. The fourth-order valence-electron chi connectivity index (χ4n) is 10.4. The molecule has 5 unspecified atom stereocenters. The number of carbonyl (C=O) groups is 3. The summed E-state index contributed by atoms with van der Waals surface area (Å²) in [6, 6.07) is 0. The molecule has 0 aliphatic carbocycles. The molecule has 0 aliphatic rings. The molecule has 0 bridgehead atoms. The Morgan fingerprint density at radius 1 is 0.271 bits per heavy atom. The Morgan fingerprint density at radius 3 is 0.832 bits per heavy atom. The topological polar surface area (TPSA) is 231 Å². The first-order valence-electron chi connectivity index (χ1n) is 41.1. The van der Waals surface area contributed by atoms with Crippen molar-refractivity contribution in [3.8, 4) is 0 Å². The maximum absolute atomic E-state index is 13.0. The number of hydrogen-bond acceptors (Lipinski definition) is 14. The number of esters is 3. The van der Waals surface area contributed by atoms with E-state index in [0.717, 1.165) is 122 Å². The van der Waals surface area contributed by atoms with Crippen molar-refractivity contribution in [2.75, 3.05) is 39.6 Å². The van der Waals surface area contributed by atoms with E-state index in [4.69, 9.17) is 32.3 Å². The Labute approximate surface area is 649 Å². The van der Waals surface area contributed by atoms with Crippen molar-refractivity contribution in [3.63, 3.8) is 0 Å². The predicted octanol–water partition coefficient (Wildman–Crippen LogP) is 24.5. The fraction of sp³-hybridized carbons (Fsp3) is 0.629. The molecule has 0 radical (unpaired) electrons. The molecule has 0 aromatic rings. The van der Waals surface area contributed by atoms with E-state index < -0.39 is 91.5 Å². The lowest BCUT2D eigenvalue weighted by Gasteiger charge is -2.21. The van der Waals surface area contributed by atoms with E-state index in [9.17, 15) is 43.5 Å². The Hall–Kier alpha value is -5.35. The molecule has 18 heteroatoms. The quantitative estimate of drug-likeness (QED) is 0.0146. The highest BCUT2D eigenvalue weighted by atomic mass is 31.2. The lowest BCUT2D eigenvalue weighted by Crippen LogP contribution is -2.30. The largest absolute Gasteiger partial charge is 0.472 e. The number of ether oxygens (including phenoxy) is 3. The second kappa shape index (κ2) is 80.2. The first-order chi connectivity index (χ1) is 52.2. The molecule has 0 heterocycles. The Morgan fingerprint density at radius 2 is 0.505 bits per heavy atom. The fourth-order valence-corrected chi connectivity index (χ4v) is 12.0. The average Bonchev–Trinajstić information content (AvgIpc) is 0.927. The normalized spacial score (nSPS) is 14.9. The van der Waals surface area contributed by atoms with Crippen LogP contribution in [0.15, 0.2) is 182 Å². The number of unbranched alkanes of at least 4 members (excludes halogenated alkanes) is 23. The van der Waals surface area contributed by atoms with E-state index in [1.807, 2.05) is 12.2 Å². The van der Waals surface area contributed by atoms with Gasteiger partial charge in [0.1, 0.15) is 25.4 Å². The summed E-state index contributed by atoms with van der Waals surface area (Å²) in [7, 11) is -9.84. The van der Waals surface area contributed by atoms with Gasteiger partial charge in [0, 0.05) is 19.3 Å². The van der Waals surface area contributed by atoms with E-state index in [2.05, 4.69) is 191 Å². The van der Waals surface area contributed by atoms with Crippen LogP contribution in [0.3, 0.4) is 0 Å². The molecule has 0 aromatic heterocycles. The van der Waals surface area contributed by atoms with Crippen molar-refractivity contribution in [3.05, 3.63) is 182 Å². The zero-order chi connectivity index (χ0) is 78.0. The van der Waals surface area contributed by atoms with E-state index >= 15 is 0 Å². The Balaban J connectivity index is 4.56. The molecule has 0 aromatic carbocycles. The molecule has 5 atom stereocenters. The van der Waals surface area contributed by atoms with Crippen molar-refractivity contribution in [2.24, 2.45) is 0 Å². The molecule has 0 amide bonds. The monoisotopic (exact) mass is 1530 g/mol. The third-order valence-corrected chi connectivity index (χ3v) is 18.5. The van der Waals surface area contributed by atoms with Gasteiger partial charge in [0.2, 0.25) is 0 Å². The number of hydrogen-bond donors (Lipinski definition) is 4. The van der Waals surface area contributed by atoms with Crippen molar-refractivity contribution in [2.45, 2.75) is 322 Å². The third kappa shape index (κ3) is 81.5. The first kappa shape index (κ1) is 102. The summed E-state index contributed by atoms with van der Waals surface area (Å²) in [5, 5.41) is 20.7. The van der Waals surface area contributed by atoms with Crippen LogP contribution in [0.2, 0.25) is 0 Å². The summed E-state index contributed by atoms with van der Waals surface area (Å²) in [6.07, 6.45) is 104. The lowest BCUT2D eigenvalue weighted by molar-refractivity contribution is -0.161. The second-order valence-corrected chi connectivity index (χ2v) is 29.7. The Bertz CT molecular complexity index is 2670. The molecule has 4 N–H and O–H groups in total.